The number of carbonyl (C=O) groups is 3. The molecule has 1 fully saturated rings. The van der Waals surface area contributed by atoms with E-state index < -0.39 is 46.3 Å². The number of nitrogens with one attached hydrogen (secondary N) is 4. The van der Waals surface area contributed by atoms with Gasteiger partial charge in [-0.2, -0.15) is 4.72 Å². The Morgan fingerprint density at radius 1 is 1.02 bits per heavy atom. The second-order valence-corrected chi connectivity index (χ2v) is 11.9. The predicted molar refractivity (Wildman–Crippen MR) is 157 cm³/mol. The Bertz CT molecular complexity index is 1570. The fourth-order valence-corrected chi connectivity index (χ4v) is 6.15. The summed E-state index contributed by atoms with van der Waals surface area (Å²) >= 11 is 0. The molecule has 0 radical (unpaired) electrons. The number of piperidine rings is 1. The van der Waals surface area contributed by atoms with Crippen molar-refractivity contribution in [2.75, 3.05) is 19.6 Å². The van der Waals surface area contributed by atoms with E-state index in [-0.39, 0.29) is 28.9 Å². The Morgan fingerprint density at radius 3 is 2.40 bits per heavy atom. The van der Waals surface area contributed by atoms with Crippen LogP contribution >= 0.6 is 0 Å². The fraction of sp³-hybridized carbons (Fsp3) is 0.310. The highest BCUT2D eigenvalue weighted by Crippen LogP contribution is 2.20. The summed E-state index contributed by atoms with van der Waals surface area (Å²) in [6, 6.07) is 16.6. The number of carbonyl (C=O) groups excluding carboxylic acids is 2. The van der Waals surface area contributed by atoms with Crippen LogP contribution in [0, 0.1) is 11.3 Å². The van der Waals surface area contributed by atoms with Crippen molar-refractivity contribution in [1.29, 1.82) is 5.41 Å². The smallest absolute Gasteiger partial charge is 0.330 e. The number of nitrogens with two attached hydrogens (primary N) is 1. The number of sulfonamides is 1. The van der Waals surface area contributed by atoms with Gasteiger partial charge in [0.25, 0.3) is 0 Å². The predicted octanol–water partition coefficient (Wildman–Crippen LogP) is 1.54. The molecular weight excluding hydrogens is 560 g/mol. The molecule has 0 saturated carbocycles. The van der Waals surface area contributed by atoms with Crippen molar-refractivity contribution in [1.82, 2.24) is 20.3 Å². The molecule has 13 heteroatoms. The van der Waals surface area contributed by atoms with Crippen molar-refractivity contribution in [3.05, 3.63) is 78.4 Å². The van der Waals surface area contributed by atoms with Crippen LogP contribution in [0.4, 0.5) is 0 Å². The van der Waals surface area contributed by atoms with Crippen molar-refractivity contribution in [3.63, 3.8) is 0 Å². The van der Waals surface area contributed by atoms with Crippen LogP contribution in [-0.4, -0.2) is 67.8 Å². The lowest BCUT2D eigenvalue weighted by Gasteiger charge is -2.33. The maximum absolute atomic E-state index is 13.4. The highest BCUT2D eigenvalue weighted by molar-refractivity contribution is 7.89. The zero-order chi connectivity index (χ0) is 30.3. The molecule has 1 aliphatic rings. The normalized spacial score (nSPS) is 16.8. The van der Waals surface area contributed by atoms with E-state index in [1.165, 1.54) is 24.3 Å². The van der Waals surface area contributed by atoms with Crippen molar-refractivity contribution in [2.45, 2.75) is 36.2 Å². The second-order valence-electron chi connectivity index (χ2n) is 10.2. The summed E-state index contributed by atoms with van der Waals surface area (Å²) in [5.74, 6) is -2.93. The van der Waals surface area contributed by atoms with Gasteiger partial charge in [0.1, 0.15) is 6.04 Å². The van der Waals surface area contributed by atoms with E-state index in [0.29, 0.717) is 18.5 Å². The maximum atomic E-state index is 13.4. The van der Waals surface area contributed by atoms with Crippen LogP contribution in [0.3, 0.4) is 0 Å². The van der Waals surface area contributed by atoms with Crippen LogP contribution in [0.1, 0.15) is 30.9 Å². The molecular formula is C29H34N6O6S. The molecule has 0 spiro atoms. The minimum atomic E-state index is -4.30. The van der Waals surface area contributed by atoms with Gasteiger partial charge in [-0.15, -0.1) is 0 Å². The monoisotopic (exact) mass is 594 g/mol. The molecule has 12 nitrogen and oxygen atoms in total. The van der Waals surface area contributed by atoms with Crippen LogP contribution < -0.4 is 21.1 Å². The average Bonchev–Trinajstić information content (AvgIpc) is 2.98. The lowest BCUT2D eigenvalue weighted by Crippen LogP contribution is -2.51. The first-order chi connectivity index (χ1) is 20.0. The van der Waals surface area contributed by atoms with E-state index in [9.17, 15) is 27.9 Å². The third kappa shape index (κ3) is 7.83. The molecule has 0 unspecified atom stereocenters. The number of guanidine groups is 1. The van der Waals surface area contributed by atoms with Crippen molar-refractivity contribution in [2.24, 2.45) is 11.7 Å². The summed E-state index contributed by atoms with van der Waals surface area (Å²) in [4.78, 5) is 40.0. The summed E-state index contributed by atoms with van der Waals surface area (Å²) in [5.41, 5.74) is 5.88. The number of hydrogen-bond acceptors (Lipinski definition) is 6. The Balaban J connectivity index is 1.53. The van der Waals surface area contributed by atoms with Crippen LogP contribution in [0.25, 0.3) is 10.8 Å². The number of carboxylic acid groups (broad SMARTS) is 1. The Morgan fingerprint density at radius 2 is 1.71 bits per heavy atom. The first-order valence-electron chi connectivity index (χ1n) is 13.5. The first kappa shape index (κ1) is 30.5. The van der Waals surface area contributed by atoms with Crippen LogP contribution in [0.2, 0.25) is 0 Å². The highest BCUT2D eigenvalue weighted by atomic mass is 32.2. The highest BCUT2D eigenvalue weighted by Gasteiger charge is 2.32. The SMILES string of the molecule is N=C(N)N1CCC[C@@H](CNC(=O)C[C@H](NS(=O)(=O)c2ccc3ccccc3c2)C(=O)N[C@H](C(=O)O)c2ccccc2)C1. The van der Waals surface area contributed by atoms with Gasteiger partial charge in [0.2, 0.25) is 21.8 Å². The molecule has 1 saturated heterocycles. The Labute approximate surface area is 243 Å². The zero-order valence-electron chi connectivity index (χ0n) is 22.8. The van der Waals surface area contributed by atoms with Crippen LogP contribution in [-0.2, 0) is 24.4 Å². The molecule has 222 valence electrons. The van der Waals surface area contributed by atoms with Crippen LogP contribution in [0.15, 0.2) is 77.7 Å². The van der Waals surface area contributed by atoms with Gasteiger partial charge in [0.15, 0.2) is 12.0 Å². The molecule has 0 aromatic heterocycles. The lowest BCUT2D eigenvalue weighted by atomic mass is 9.98. The quantitative estimate of drug-likeness (QED) is 0.142. The summed E-state index contributed by atoms with van der Waals surface area (Å²) in [6.45, 7) is 1.40. The zero-order valence-corrected chi connectivity index (χ0v) is 23.6. The number of nitrogens with zero attached hydrogens (tertiary/aromatic N) is 1. The number of benzene rings is 3. The third-order valence-electron chi connectivity index (χ3n) is 7.15. The fourth-order valence-electron chi connectivity index (χ4n) is 4.92. The number of rotatable bonds is 11. The number of fused-ring (bicyclic) bond motifs is 1. The number of aliphatic carboxylic acids is 1. The number of hydrogen-bond donors (Lipinski definition) is 6. The van der Waals surface area contributed by atoms with Crippen molar-refractivity contribution in [3.8, 4) is 0 Å². The Hall–Kier alpha value is -4.49. The summed E-state index contributed by atoms with van der Waals surface area (Å²) in [6.07, 6.45) is 1.04. The van der Waals surface area contributed by atoms with E-state index in [1.54, 1.807) is 41.3 Å². The van der Waals surface area contributed by atoms with E-state index in [4.69, 9.17) is 11.1 Å². The first-order valence-corrected chi connectivity index (χ1v) is 15.0. The number of likely N-dealkylation sites (tertiary alicyclic amines) is 1. The molecule has 3 atom stereocenters. The van der Waals surface area contributed by atoms with Gasteiger partial charge >= 0.3 is 5.97 Å². The molecule has 4 rings (SSSR count). The average molecular weight is 595 g/mol. The molecule has 1 aliphatic heterocycles. The number of carboxylic acids is 1. The van der Waals surface area contributed by atoms with Gasteiger partial charge in [-0.25, -0.2) is 13.2 Å². The summed E-state index contributed by atoms with van der Waals surface area (Å²) < 4.78 is 29.1. The van der Waals surface area contributed by atoms with E-state index in [2.05, 4.69) is 15.4 Å². The van der Waals surface area contributed by atoms with Gasteiger partial charge in [0.05, 0.1) is 11.3 Å². The molecule has 3 aromatic carbocycles. The topological polar surface area (TPSA) is 195 Å². The molecule has 42 heavy (non-hydrogen) atoms. The number of amides is 2. The standard InChI is InChI=1S/C29H34N6O6S/c30-29(31)35-14-6-7-19(18-35)17-32-25(36)16-24(27(37)33-26(28(38)39)21-9-2-1-3-10-21)34-42(40,41)23-13-12-20-8-4-5-11-22(20)15-23/h1-5,8-13,15,19,24,26,34H,6-7,14,16-18H2,(H3,30,31)(H,32,36)(H,33,37)(H,38,39)/t19-,24-,26-/m0/s1. The molecule has 2 amide bonds. The summed E-state index contributed by atoms with van der Waals surface area (Å²) in [5, 5.41) is 24.0. The van der Waals surface area contributed by atoms with Gasteiger partial charge in [0, 0.05) is 19.6 Å². The largest absolute Gasteiger partial charge is 0.479 e. The van der Waals surface area contributed by atoms with Gasteiger partial charge in [-0.05, 0) is 47.2 Å². The summed E-state index contributed by atoms with van der Waals surface area (Å²) in [7, 11) is -4.30. The molecule has 3 aromatic rings. The van der Waals surface area contributed by atoms with E-state index >= 15 is 0 Å². The van der Waals surface area contributed by atoms with Gasteiger partial charge in [-0.3, -0.25) is 15.0 Å². The van der Waals surface area contributed by atoms with Crippen molar-refractivity contribution >= 4 is 44.5 Å². The molecule has 0 bridgehead atoms. The van der Waals surface area contributed by atoms with Gasteiger partial charge < -0.3 is 26.4 Å². The van der Waals surface area contributed by atoms with Crippen molar-refractivity contribution < 1.29 is 27.9 Å². The third-order valence-corrected chi connectivity index (χ3v) is 8.62. The molecule has 7 N–H and O–H groups in total. The minimum absolute atomic E-state index is 0.0163. The molecule has 1 heterocycles. The van der Waals surface area contributed by atoms with Crippen LogP contribution in [0.5, 0.6) is 0 Å². The Kier molecular flexibility index (Phi) is 9.76. The van der Waals surface area contributed by atoms with E-state index in [1.807, 2.05) is 12.1 Å². The minimum Gasteiger partial charge on any atom is -0.479 e. The molecule has 0 aliphatic carbocycles. The van der Waals surface area contributed by atoms with Gasteiger partial charge in [-0.1, -0.05) is 60.7 Å². The maximum Gasteiger partial charge on any atom is 0.330 e. The second kappa shape index (κ2) is 13.4. The van der Waals surface area contributed by atoms with E-state index in [0.717, 1.165) is 18.2 Å². The lowest BCUT2D eigenvalue weighted by molar-refractivity contribution is -0.142.